The second-order valence-corrected chi connectivity index (χ2v) is 9.67. The van der Waals surface area contributed by atoms with Crippen molar-refractivity contribution in [2.24, 2.45) is 5.92 Å². The van der Waals surface area contributed by atoms with Gasteiger partial charge in [0.25, 0.3) is 0 Å². The van der Waals surface area contributed by atoms with E-state index in [4.69, 9.17) is 37.7 Å². The minimum absolute atomic E-state index is 0.522. The first-order valence-electron chi connectivity index (χ1n) is 11.6. The molecular formula is C27H28Cl2N4O2. The molecule has 0 amide bonds. The van der Waals surface area contributed by atoms with Gasteiger partial charge in [0, 0.05) is 67.0 Å². The Morgan fingerprint density at radius 1 is 1.03 bits per heavy atom. The number of benzene rings is 2. The minimum atomic E-state index is 0.522. The van der Waals surface area contributed by atoms with Crippen LogP contribution in [0.4, 0.5) is 5.69 Å². The molecule has 2 aromatic carbocycles. The molecule has 1 fully saturated rings. The number of nitrogens with one attached hydrogen (secondary N) is 1. The van der Waals surface area contributed by atoms with Crippen LogP contribution in [0.15, 0.2) is 60.9 Å². The second kappa shape index (κ2) is 10.4. The van der Waals surface area contributed by atoms with E-state index in [0.29, 0.717) is 22.4 Å². The number of rotatable bonds is 8. The van der Waals surface area contributed by atoms with Gasteiger partial charge in [-0.2, -0.15) is 0 Å². The van der Waals surface area contributed by atoms with Crippen LogP contribution in [-0.2, 0) is 6.54 Å². The molecule has 1 N–H and O–H groups in total. The van der Waals surface area contributed by atoms with E-state index in [0.717, 1.165) is 48.1 Å². The fourth-order valence-electron chi connectivity index (χ4n) is 4.61. The third-order valence-corrected chi connectivity index (χ3v) is 7.07. The Morgan fingerprint density at radius 2 is 1.83 bits per heavy atom. The van der Waals surface area contributed by atoms with Crippen molar-refractivity contribution in [3.63, 3.8) is 0 Å². The van der Waals surface area contributed by atoms with E-state index in [-0.39, 0.29) is 0 Å². The maximum atomic E-state index is 6.38. The quantitative estimate of drug-likeness (QED) is 0.317. The molecule has 35 heavy (non-hydrogen) atoms. The van der Waals surface area contributed by atoms with Gasteiger partial charge in [0.05, 0.1) is 24.9 Å². The van der Waals surface area contributed by atoms with Crippen LogP contribution in [0.1, 0.15) is 12.0 Å². The molecule has 4 aromatic rings. The van der Waals surface area contributed by atoms with Gasteiger partial charge in [0.2, 0.25) is 0 Å². The molecule has 0 saturated carbocycles. The summed E-state index contributed by atoms with van der Waals surface area (Å²) >= 11 is 12.4. The molecule has 1 saturated heterocycles. The normalized spacial score (nSPS) is 15.7. The first-order valence-corrected chi connectivity index (χ1v) is 12.4. The van der Waals surface area contributed by atoms with Crippen LogP contribution in [0.5, 0.6) is 11.5 Å². The number of anilines is 1. The lowest BCUT2D eigenvalue weighted by molar-refractivity contribution is 0.395. The van der Waals surface area contributed by atoms with Crippen molar-refractivity contribution < 1.29 is 9.47 Å². The fraction of sp³-hybridized carbons (Fsp3) is 0.296. The molecule has 0 aliphatic carbocycles. The largest absolute Gasteiger partial charge is 0.496 e. The van der Waals surface area contributed by atoms with E-state index in [1.165, 1.54) is 17.7 Å². The molecule has 8 heteroatoms. The van der Waals surface area contributed by atoms with E-state index in [9.17, 15) is 0 Å². The van der Waals surface area contributed by atoms with Gasteiger partial charge in [-0.25, -0.2) is 4.98 Å². The number of imidazole rings is 1. The number of ether oxygens (including phenoxy) is 2. The Labute approximate surface area is 215 Å². The lowest BCUT2D eigenvalue weighted by Crippen LogP contribution is -2.26. The Bertz CT molecular complexity index is 1320. The highest BCUT2D eigenvalue weighted by Crippen LogP contribution is 2.38. The molecule has 182 valence electrons. The highest BCUT2D eigenvalue weighted by Gasteiger charge is 2.23. The third kappa shape index (κ3) is 5.20. The topological polar surface area (TPSA) is 51.0 Å². The van der Waals surface area contributed by atoms with Gasteiger partial charge in [-0.15, -0.1) is 0 Å². The number of hydrogen-bond donors (Lipinski definition) is 1. The molecule has 1 aliphatic heterocycles. The SMILES string of the molecule is COc1cc(OC)c(-c2cn3ccc(N4CCC(CNCc5ccc(Cl)cc5)C4)cc3n2)cc1Cl. The standard InChI is InChI=1S/C27H28Cl2N4O2/c1-34-25-13-26(35-2)23(29)12-22(25)24-17-33-10-8-21(11-27(33)31-24)32-9-7-19(16-32)15-30-14-18-3-5-20(28)6-4-18/h3-6,8,10-13,17,19,30H,7,9,14-16H2,1-2H3. The van der Waals surface area contributed by atoms with Gasteiger partial charge >= 0.3 is 0 Å². The number of halogens is 2. The van der Waals surface area contributed by atoms with Gasteiger partial charge in [-0.1, -0.05) is 35.3 Å². The van der Waals surface area contributed by atoms with Crippen LogP contribution in [-0.4, -0.2) is 43.2 Å². The summed E-state index contributed by atoms with van der Waals surface area (Å²) in [5.74, 6) is 1.85. The summed E-state index contributed by atoms with van der Waals surface area (Å²) in [6.45, 7) is 3.92. The Kier molecular flexibility index (Phi) is 7.04. The first-order chi connectivity index (χ1) is 17.0. The van der Waals surface area contributed by atoms with Crippen molar-refractivity contribution in [3.8, 4) is 22.8 Å². The molecule has 1 unspecified atom stereocenters. The lowest BCUT2D eigenvalue weighted by atomic mass is 10.1. The fourth-order valence-corrected chi connectivity index (χ4v) is 4.98. The van der Waals surface area contributed by atoms with Crippen molar-refractivity contribution in [2.75, 3.05) is 38.8 Å². The van der Waals surface area contributed by atoms with E-state index < -0.39 is 0 Å². The molecule has 0 radical (unpaired) electrons. The van der Waals surface area contributed by atoms with Crippen molar-refractivity contribution in [1.82, 2.24) is 14.7 Å². The van der Waals surface area contributed by atoms with Crippen molar-refractivity contribution in [1.29, 1.82) is 0 Å². The maximum absolute atomic E-state index is 6.38. The van der Waals surface area contributed by atoms with Gasteiger partial charge < -0.3 is 24.1 Å². The summed E-state index contributed by atoms with van der Waals surface area (Å²) in [6.07, 6.45) is 5.22. The van der Waals surface area contributed by atoms with Gasteiger partial charge in [-0.05, 0) is 42.2 Å². The van der Waals surface area contributed by atoms with Crippen molar-refractivity contribution in [3.05, 3.63) is 76.5 Å². The number of fused-ring (bicyclic) bond motifs is 1. The number of nitrogens with zero attached hydrogens (tertiary/aromatic N) is 3. The summed E-state index contributed by atoms with van der Waals surface area (Å²) in [4.78, 5) is 7.30. The predicted molar refractivity (Wildman–Crippen MR) is 142 cm³/mol. The molecule has 0 bridgehead atoms. The molecule has 5 rings (SSSR count). The summed E-state index contributed by atoms with van der Waals surface area (Å²) in [6, 6.07) is 15.9. The van der Waals surface area contributed by atoms with Crippen LogP contribution >= 0.6 is 23.2 Å². The third-order valence-electron chi connectivity index (χ3n) is 6.52. The van der Waals surface area contributed by atoms with Crippen LogP contribution < -0.4 is 19.7 Å². The van der Waals surface area contributed by atoms with Crippen LogP contribution in [0.2, 0.25) is 10.0 Å². The number of hydrogen-bond acceptors (Lipinski definition) is 5. The van der Waals surface area contributed by atoms with Crippen molar-refractivity contribution in [2.45, 2.75) is 13.0 Å². The zero-order valence-corrected chi connectivity index (χ0v) is 21.3. The van der Waals surface area contributed by atoms with Gasteiger partial charge in [-0.3, -0.25) is 0 Å². The minimum Gasteiger partial charge on any atom is -0.496 e. The van der Waals surface area contributed by atoms with Gasteiger partial charge in [0.15, 0.2) is 0 Å². The molecular weight excluding hydrogens is 483 g/mol. The summed E-state index contributed by atoms with van der Waals surface area (Å²) in [7, 11) is 3.22. The van der Waals surface area contributed by atoms with E-state index in [1.807, 2.05) is 28.8 Å². The summed E-state index contributed by atoms with van der Waals surface area (Å²) in [5.41, 5.74) is 4.95. The maximum Gasteiger partial charge on any atom is 0.141 e. The summed E-state index contributed by atoms with van der Waals surface area (Å²) < 4.78 is 12.9. The monoisotopic (exact) mass is 510 g/mol. The molecule has 1 atom stereocenters. The van der Waals surface area contributed by atoms with Gasteiger partial charge in [0.1, 0.15) is 17.1 Å². The smallest absolute Gasteiger partial charge is 0.141 e. The predicted octanol–water partition coefficient (Wildman–Crippen LogP) is 5.94. The Morgan fingerprint density at radius 3 is 2.60 bits per heavy atom. The first kappa shape index (κ1) is 23.8. The van der Waals surface area contributed by atoms with Crippen LogP contribution in [0.3, 0.4) is 0 Å². The summed E-state index contributed by atoms with van der Waals surface area (Å²) in [5, 5.41) is 4.89. The molecule has 6 nitrogen and oxygen atoms in total. The lowest BCUT2D eigenvalue weighted by Gasteiger charge is -2.19. The highest BCUT2D eigenvalue weighted by molar-refractivity contribution is 6.32. The number of pyridine rings is 1. The average molecular weight is 511 g/mol. The van der Waals surface area contributed by atoms with E-state index in [2.05, 4.69) is 40.7 Å². The molecule has 2 aromatic heterocycles. The Balaban J connectivity index is 1.27. The van der Waals surface area contributed by atoms with Crippen molar-refractivity contribution >= 4 is 34.5 Å². The zero-order chi connectivity index (χ0) is 24.4. The Hall–Kier alpha value is -2.93. The van der Waals surface area contributed by atoms with E-state index >= 15 is 0 Å². The van der Waals surface area contributed by atoms with Crippen LogP contribution in [0.25, 0.3) is 16.9 Å². The average Bonchev–Trinajstić information content (AvgIpc) is 3.52. The van der Waals surface area contributed by atoms with Crippen LogP contribution in [0, 0.1) is 5.92 Å². The second-order valence-electron chi connectivity index (χ2n) is 8.82. The molecule has 3 heterocycles. The number of methoxy groups -OCH3 is 2. The number of aromatic nitrogens is 2. The molecule has 0 spiro atoms. The highest BCUT2D eigenvalue weighted by atomic mass is 35.5. The van der Waals surface area contributed by atoms with E-state index in [1.54, 1.807) is 20.3 Å². The zero-order valence-electron chi connectivity index (χ0n) is 19.8. The molecule has 1 aliphatic rings.